The summed E-state index contributed by atoms with van der Waals surface area (Å²) in [5.41, 5.74) is -0.524. The van der Waals surface area contributed by atoms with Crippen LogP contribution in [0.3, 0.4) is 0 Å². The van der Waals surface area contributed by atoms with Crippen LogP contribution in [0.5, 0.6) is 0 Å². The molecule has 17 heavy (non-hydrogen) atoms. The lowest BCUT2D eigenvalue weighted by atomic mass is 10.0. The van der Waals surface area contributed by atoms with Crippen LogP contribution in [-0.4, -0.2) is 21.0 Å². The zero-order valence-corrected chi connectivity index (χ0v) is 11.7. The molecule has 1 rings (SSSR count). The molecule has 0 saturated carbocycles. The lowest BCUT2D eigenvalue weighted by molar-refractivity contribution is -0.123. The minimum Gasteiger partial charge on any atom is -0.350 e. The quantitative estimate of drug-likeness (QED) is 0.912. The van der Waals surface area contributed by atoms with Crippen molar-refractivity contribution in [1.82, 2.24) is 14.9 Å². The normalized spacial score (nSPS) is 11.3. The molecule has 0 spiro atoms. The van der Waals surface area contributed by atoms with Crippen LogP contribution >= 0.6 is 15.9 Å². The van der Waals surface area contributed by atoms with Crippen molar-refractivity contribution in [2.75, 3.05) is 0 Å². The summed E-state index contributed by atoms with van der Waals surface area (Å²) in [6.45, 7) is 5.85. The van der Waals surface area contributed by atoms with E-state index in [-0.39, 0.29) is 23.6 Å². The smallest absolute Gasteiger partial charge is 0.268 e. The van der Waals surface area contributed by atoms with Gasteiger partial charge in [-0.15, -0.1) is 0 Å². The van der Waals surface area contributed by atoms with E-state index in [0.29, 0.717) is 4.47 Å². The fourth-order valence-electron chi connectivity index (χ4n) is 1.20. The van der Waals surface area contributed by atoms with Crippen molar-refractivity contribution in [2.45, 2.75) is 39.3 Å². The van der Waals surface area contributed by atoms with Gasteiger partial charge in [0.15, 0.2) is 0 Å². The van der Waals surface area contributed by atoms with Gasteiger partial charge in [0.2, 0.25) is 5.91 Å². The minimum atomic E-state index is -0.264. The summed E-state index contributed by atoms with van der Waals surface area (Å²) >= 11 is 3.08. The Balaban J connectivity index is 2.76. The molecule has 0 atom stereocenters. The highest BCUT2D eigenvalue weighted by atomic mass is 79.9. The maximum absolute atomic E-state index is 11.7. The molecule has 0 saturated heterocycles. The molecule has 0 aliphatic carbocycles. The molecule has 1 amide bonds. The van der Waals surface area contributed by atoms with Crippen LogP contribution in [0.1, 0.15) is 27.2 Å². The number of hydrogen-bond acceptors (Lipinski definition) is 3. The number of nitrogens with zero attached hydrogens (tertiary/aromatic N) is 2. The van der Waals surface area contributed by atoms with Gasteiger partial charge in [-0.3, -0.25) is 14.2 Å². The molecule has 0 fully saturated rings. The van der Waals surface area contributed by atoms with Crippen molar-refractivity contribution in [3.05, 3.63) is 27.4 Å². The highest BCUT2D eigenvalue weighted by molar-refractivity contribution is 9.10. The Labute approximate surface area is 108 Å². The predicted molar refractivity (Wildman–Crippen MR) is 68.7 cm³/mol. The molecule has 1 N–H and O–H groups in total. The van der Waals surface area contributed by atoms with E-state index in [4.69, 9.17) is 0 Å². The third kappa shape index (κ3) is 3.96. The van der Waals surface area contributed by atoms with Crippen LogP contribution in [-0.2, 0) is 11.3 Å². The lowest BCUT2D eigenvalue weighted by Gasteiger charge is -2.24. The van der Waals surface area contributed by atoms with E-state index in [1.165, 1.54) is 17.1 Å². The van der Waals surface area contributed by atoms with Crippen molar-refractivity contribution in [3.63, 3.8) is 0 Å². The fourth-order valence-corrected chi connectivity index (χ4v) is 1.54. The third-order valence-electron chi connectivity index (χ3n) is 2.53. The fraction of sp³-hybridized carbons (Fsp3) is 0.545. The highest BCUT2D eigenvalue weighted by Crippen LogP contribution is 2.06. The van der Waals surface area contributed by atoms with Crippen LogP contribution in [0, 0.1) is 0 Å². The van der Waals surface area contributed by atoms with Crippen LogP contribution in [0.4, 0.5) is 0 Å². The number of halogens is 1. The Hall–Kier alpha value is -1.17. The third-order valence-corrected chi connectivity index (χ3v) is 3.08. The van der Waals surface area contributed by atoms with Gasteiger partial charge in [0.25, 0.3) is 5.56 Å². The summed E-state index contributed by atoms with van der Waals surface area (Å²) in [7, 11) is 0. The maximum Gasteiger partial charge on any atom is 0.268 e. The lowest BCUT2D eigenvalue weighted by Crippen LogP contribution is -2.45. The van der Waals surface area contributed by atoms with Crippen LogP contribution < -0.4 is 10.9 Å². The minimum absolute atomic E-state index is 0.0191. The molecule has 5 nitrogen and oxygen atoms in total. The van der Waals surface area contributed by atoms with Crippen molar-refractivity contribution < 1.29 is 4.79 Å². The SMILES string of the molecule is CCC(C)(C)NC(=O)Cn1cncc(Br)c1=O. The van der Waals surface area contributed by atoms with Crippen molar-refractivity contribution >= 4 is 21.8 Å². The first-order valence-corrected chi connectivity index (χ1v) is 6.16. The van der Waals surface area contributed by atoms with Gasteiger partial charge in [-0.1, -0.05) is 6.92 Å². The van der Waals surface area contributed by atoms with Gasteiger partial charge in [-0.25, -0.2) is 4.98 Å². The molecule has 0 radical (unpaired) electrons. The van der Waals surface area contributed by atoms with Crippen LogP contribution in [0.15, 0.2) is 21.8 Å². The summed E-state index contributed by atoms with van der Waals surface area (Å²) in [4.78, 5) is 27.2. The van der Waals surface area contributed by atoms with E-state index in [2.05, 4.69) is 26.2 Å². The molecular weight excluding hydrogens is 286 g/mol. The van der Waals surface area contributed by atoms with Crippen molar-refractivity contribution in [2.24, 2.45) is 0 Å². The van der Waals surface area contributed by atoms with E-state index in [9.17, 15) is 9.59 Å². The number of carbonyl (C=O) groups excluding carboxylic acids is 1. The molecule has 0 aliphatic rings. The molecule has 0 unspecified atom stereocenters. The highest BCUT2D eigenvalue weighted by Gasteiger charge is 2.18. The summed E-state index contributed by atoms with van der Waals surface area (Å²) in [6, 6.07) is 0. The molecular formula is C11H16BrN3O2. The molecule has 0 bridgehead atoms. The van der Waals surface area contributed by atoms with Gasteiger partial charge >= 0.3 is 0 Å². The molecule has 94 valence electrons. The number of aromatic nitrogens is 2. The Morgan fingerprint density at radius 2 is 2.24 bits per heavy atom. The Bertz CT molecular complexity index is 468. The van der Waals surface area contributed by atoms with E-state index in [0.717, 1.165) is 6.42 Å². The summed E-state index contributed by atoms with van der Waals surface area (Å²) in [5.74, 6) is -0.196. The Kier molecular flexibility index (Phi) is 4.45. The summed E-state index contributed by atoms with van der Waals surface area (Å²) in [6.07, 6.45) is 3.59. The van der Waals surface area contributed by atoms with Gasteiger partial charge in [0, 0.05) is 11.7 Å². The Morgan fingerprint density at radius 1 is 1.59 bits per heavy atom. The first-order valence-electron chi connectivity index (χ1n) is 5.36. The zero-order chi connectivity index (χ0) is 13.1. The summed E-state index contributed by atoms with van der Waals surface area (Å²) < 4.78 is 1.62. The number of nitrogens with one attached hydrogen (secondary N) is 1. The van der Waals surface area contributed by atoms with Gasteiger partial charge in [0.05, 0.1) is 6.33 Å². The van der Waals surface area contributed by atoms with Crippen LogP contribution in [0.2, 0.25) is 0 Å². The van der Waals surface area contributed by atoms with Gasteiger partial charge < -0.3 is 5.32 Å². The first kappa shape index (κ1) is 13.9. The van der Waals surface area contributed by atoms with Crippen molar-refractivity contribution in [3.8, 4) is 0 Å². The molecule has 1 aromatic rings. The second-order valence-corrected chi connectivity index (χ2v) is 5.31. The van der Waals surface area contributed by atoms with E-state index in [1.54, 1.807) is 0 Å². The maximum atomic E-state index is 11.7. The number of rotatable bonds is 4. The van der Waals surface area contributed by atoms with E-state index < -0.39 is 0 Å². The number of carbonyl (C=O) groups is 1. The molecule has 6 heteroatoms. The second-order valence-electron chi connectivity index (χ2n) is 4.46. The predicted octanol–water partition coefficient (Wildman–Crippen LogP) is 1.31. The monoisotopic (exact) mass is 301 g/mol. The van der Waals surface area contributed by atoms with Gasteiger partial charge in [-0.2, -0.15) is 0 Å². The van der Waals surface area contributed by atoms with E-state index in [1.807, 2.05) is 20.8 Å². The zero-order valence-electron chi connectivity index (χ0n) is 10.2. The molecule has 0 aromatic carbocycles. The number of hydrogen-bond donors (Lipinski definition) is 1. The molecule has 1 aromatic heterocycles. The Morgan fingerprint density at radius 3 is 2.82 bits per heavy atom. The average Bonchev–Trinajstić information content (AvgIpc) is 2.24. The van der Waals surface area contributed by atoms with E-state index >= 15 is 0 Å². The average molecular weight is 302 g/mol. The largest absolute Gasteiger partial charge is 0.350 e. The second kappa shape index (κ2) is 5.44. The van der Waals surface area contributed by atoms with Crippen molar-refractivity contribution in [1.29, 1.82) is 0 Å². The van der Waals surface area contributed by atoms with Crippen LogP contribution in [0.25, 0.3) is 0 Å². The number of amides is 1. The topological polar surface area (TPSA) is 64.0 Å². The standard InChI is InChI=1S/C11H16BrN3O2/c1-4-11(2,3)14-9(16)6-15-7-13-5-8(12)10(15)17/h5,7H,4,6H2,1-3H3,(H,14,16). The van der Waals surface area contributed by atoms with Gasteiger partial charge in [-0.05, 0) is 36.2 Å². The molecule has 1 heterocycles. The summed E-state index contributed by atoms with van der Waals surface area (Å²) in [5, 5.41) is 2.86. The first-order chi connectivity index (χ1) is 7.85. The van der Waals surface area contributed by atoms with Gasteiger partial charge in [0.1, 0.15) is 11.0 Å². The molecule has 0 aliphatic heterocycles.